The number of benzene rings is 1. The molecule has 0 radical (unpaired) electrons. The van der Waals surface area contributed by atoms with Gasteiger partial charge in [-0.1, -0.05) is 39.0 Å². The Morgan fingerprint density at radius 1 is 1.26 bits per heavy atom. The third-order valence-corrected chi connectivity index (χ3v) is 4.32. The molecule has 0 aliphatic carbocycles. The van der Waals surface area contributed by atoms with E-state index in [-0.39, 0.29) is 11.3 Å². The van der Waals surface area contributed by atoms with Crippen LogP contribution in [0.15, 0.2) is 39.5 Å². The number of hydrogen-bond donors (Lipinski definition) is 1. The van der Waals surface area contributed by atoms with Crippen LogP contribution in [-0.4, -0.2) is 5.91 Å². The zero-order valence-corrected chi connectivity index (χ0v) is 13.6. The van der Waals surface area contributed by atoms with Crippen molar-refractivity contribution in [3.05, 3.63) is 50.6 Å². The van der Waals surface area contributed by atoms with E-state index in [2.05, 4.69) is 48.1 Å². The second kappa shape index (κ2) is 5.47. The summed E-state index contributed by atoms with van der Waals surface area (Å²) in [6, 6.07) is 9.77. The minimum absolute atomic E-state index is 0.000890. The fourth-order valence-electron chi connectivity index (χ4n) is 1.87. The van der Waals surface area contributed by atoms with Crippen LogP contribution in [0.25, 0.3) is 0 Å². The highest BCUT2D eigenvalue weighted by molar-refractivity contribution is 9.11. The molecular formula is C15H16BrNOS. The van der Waals surface area contributed by atoms with Gasteiger partial charge in [-0.25, -0.2) is 0 Å². The zero-order valence-electron chi connectivity index (χ0n) is 11.2. The topological polar surface area (TPSA) is 29.1 Å². The normalized spacial score (nSPS) is 11.4. The summed E-state index contributed by atoms with van der Waals surface area (Å²) < 4.78 is 0.960. The van der Waals surface area contributed by atoms with Gasteiger partial charge in [0.1, 0.15) is 0 Å². The monoisotopic (exact) mass is 337 g/mol. The first kappa shape index (κ1) is 14.3. The van der Waals surface area contributed by atoms with E-state index < -0.39 is 0 Å². The maximum absolute atomic E-state index is 12.2. The Labute approximate surface area is 126 Å². The molecule has 0 aliphatic heterocycles. The summed E-state index contributed by atoms with van der Waals surface area (Å²) in [4.78, 5) is 12.2. The molecule has 0 bridgehead atoms. The van der Waals surface area contributed by atoms with Gasteiger partial charge in [0, 0.05) is 11.1 Å². The molecule has 2 aromatic rings. The molecule has 0 fully saturated rings. The van der Waals surface area contributed by atoms with Crippen LogP contribution in [0.4, 0.5) is 5.69 Å². The second-order valence-electron chi connectivity index (χ2n) is 5.39. The van der Waals surface area contributed by atoms with Crippen molar-refractivity contribution in [1.29, 1.82) is 0 Å². The van der Waals surface area contributed by atoms with Crippen LogP contribution in [0.5, 0.6) is 0 Å². The summed E-state index contributed by atoms with van der Waals surface area (Å²) in [5, 5.41) is 4.84. The fourth-order valence-corrected chi connectivity index (χ4v) is 3.01. The molecule has 1 aromatic heterocycles. The molecule has 0 aliphatic rings. The molecule has 1 N–H and O–H groups in total. The van der Waals surface area contributed by atoms with Crippen LogP contribution < -0.4 is 5.32 Å². The van der Waals surface area contributed by atoms with Gasteiger partial charge >= 0.3 is 0 Å². The number of para-hydroxylation sites is 1. The fraction of sp³-hybridized carbons (Fsp3) is 0.267. The maximum Gasteiger partial charge on any atom is 0.256 e. The summed E-state index contributed by atoms with van der Waals surface area (Å²) >= 11 is 4.88. The first-order valence-electron chi connectivity index (χ1n) is 6.03. The molecule has 0 atom stereocenters. The average Bonchev–Trinajstić information content (AvgIpc) is 2.75. The number of hydrogen-bond acceptors (Lipinski definition) is 2. The smallest absolute Gasteiger partial charge is 0.256 e. The number of nitrogens with one attached hydrogen (secondary N) is 1. The molecule has 4 heteroatoms. The predicted molar refractivity (Wildman–Crippen MR) is 85.1 cm³/mol. The lowest BCUT2D eigenvalue weighted by molar-refractivity contribution is 0.102. The van der Waals surface area contributed by atoms with Crippen molar-refractivity contribution in [2.24, 2.45) is 0 Å². The van der Waals surface area contributed by atoms with Crippen molar-refractivity contribution in [3.63, 3.8) is 0 Å². The van der Waals surface area contributed by atoms with Crippen LogP contribution in [0, 0.1) is 0 Å². The summed E-state index contributed by atoms with van der Waals surface area (Å²) in [6.07, 6.45) is 0. The van der Waals surface area contributed by atoms with Gasteiger partial charge in [-0.15, -0.1) is 11.3 Å². The van der Waals surface area contributed by atoms with Crippen LogP contribution in [0.2, 0.25) is 0 Å². The van der Waals surface area contributed by atoms with Crippen LogP contribution in [0.3, 0.4) is 0 Å². The highest BCUT2D eigenvalue weighted by Crippen LogP contribution is 2.30. The first-order valence-corrected chi connectivity index (χ1v) is 7.70. The first-order chi connectivity index (χ1) is 8.88. The average molecular weight is 338 g/mol. The van der Waals surface area contributed by atoms with E-state index in [0.717, 1.165) is 15.0 Å². The van der Waals surface area contributed by atoms with Crippen LogP contribution >= 0.6 is 27.3 Å². The molecule has 0 saturated heterocycles. The second-order valence-corrected chi connectivity index (χ2v) is 7.68. The van der Waals surface area contributed by atoms with E-state index in [1.807, 2.05) is 29.6 Å². The van der Waals surface area contributed by atoms with Gasteiger partial charge in [-0.2, -0.15) is 0 Å². The Balaban J connectivity index is 2.27. The number of anilines is 1. The summed E-state index contributed by atoms with van der Waals surface area (Å²) in [7, 11) is 0. The third-order valence-electron chi connectivity index (χ3n) is 2.81. The number of rotatable bonds is 2. The van der Waals surface area contributed by atoms with Crippen molar-refractivity contribution < 1.29 is 4.79 Å². The molecule has 100 valence electrons. The van der Waals surface area contributed by atoms with Crippen molar-refractivity contribution in [2.45, 2.75) is 26.2 Å². The number of thiophene rings is 1. The van der Waals surface area contributed by atoms with Crippen molar-refractivity contribution in [1.82, 2.24) is 0 Å². The van der Waals surface area contributed by atoms with Gasteiger partial charge in [-0.05, 0) is 39.0 Å². The van der Waals surface area contributed by atoms with Gasteiger partial charge in [-0.3, -0.25) is 4.79 Å². The standard InChI is InChI=1S/C15H16BrNOS/c1-15(2,3)11-6-4-5-7-12(11)17-14(18)10-8-13(16)19-9-10/h4-9H,1-3H3,(H,17,18). The Morgan fingerprint density at radius 3 is 2.53 bits per heavy atom. The largest absolute Gasteiger partial charge is 0.322 e. The predicted octanol–water partition coefficient (Wildman–Crippen LogP) is 5.06. The van der Waals surface area contributed by atoms with Crippen molar-refractivity contribution >= 4 is 38.9 Å². The summed E-state index contributed by atoms with van der Waals surface area (Å²) in [5.41, 5.74) is 2.69. The Bertz CT molecular complexity index is 598. The quantitative estimate of drug-likeness (QED) is 0.815. The van der Waals surface area contributed by atoms with E-state index in [4.69, 9.17) is 0 Å². The van der Waals surface area contributed by atoms with Gasteiger partial charge in [0.2, 0.25) is 0 Å². The molecular weight excluding hydrogens is 322 g/mol. The summed E-state index contributed by atoms with van der Waals surface area (Å²) in [5.74, 6) is -0.0707. The number of halogens is 1. The third kappa shape index (κ3) is 3.45. The van der Waals surface area contributed by atoms with Crippen molar-refractivity contribution in [2.75, 3.05) is 5.32 Å². The molecule has 19 heavy (non-hydrogen) atoms. The van der Waals surface area contributed by atoms with Gasteiger partial charge in [0.05, 0.1) is 9.35 Å². The van der Waals surface area contributed by atoms with Crippen molar-refractivity contribution in [3.8, 4) is 0 Å². The number of amides is 1. The lowest BCUT2D eigenvalue weighted by Gasteiger charge is -2.22. The molecule has 1 amide bonds. The van der Waals surface area contributed by atoms with Gasteiger partial charge in [0.15, 0.2) is 0 Å². The lowest BCUT2D eigenvalue weighted by Crippen LogP contribution is -2.18. The van der Waals surface area contributed by atoms with Gasteiger partial charge in [0.25, 0.3) is 5.91 Å². The Kier molecular flexibility index (Phi) is 4.11. The van der Waals surface area contributed by atoms with E-state index in [9.17, 15) is 4.79 Å². The Hall–Kier alpha value is -1.13. The highest BCUT2D eigenvalue weighted by atomic mass is 79.9. The highest BCUT2D eigenvalue weighted by Gasteiger charge is 2.19. The van der Waals surface area contributed by atoms with E-state index in [0.29, 0.717) is 5.56 Å². The summed E-state index contributed by atoms with van der Waals surface area (Å²) in [6.45, 7) is 6.41. The minimum atomic E-state index is -0.0707. The van der Waals surface area contributed by atoms with E-state index >= 15 is 0 Å². The number of carbonyl (C=O) groups excluding carboxylic acids is 1. The molecule has 2 rings (SSSR count). The molecule has 1 heterocycles. The van der Waals surface area contributed by atoms with E-state index in [1.54, 1.807) is 0 Å². The van der Waals surface area contributed by atoms with Crippen LogP contribution in [0.1, 0.15) is 36.7 Å². The molecule has 1 aromatic carbocycles. The SMILES string of the molecule is CC(C)(C)c1ccccc1NC(=O)c1csc(Br)c1. The number of carbonyl (C=O) groups is 1. The Morgan fingerprint density at radius 2 is 1.95 bits per heavy atom. The van der Waals surface area contributed by atoms with Gasteiger partial charge < -0.3 is 5.32 Å². The van der Waals surface area contributed by atoms with E-state index in [1.165, 1.54) is 11.3 Å². The van der Waals surface area contributed by atoms with Crippen LogP contribution in [-0.2, 0) is 5.41 Å². The minimum Gasteiger partial charge on any atom is -0.322 e. The lowest BCUT2D eigenvalue weighted by atomic mass is 9.86. The molecule has 0 unspecified atom stereocenters. The molecule has 0 spiro atoms. The molecule has 0 saturated carbocycles. The molecule has 2 nitrogen and oxygen atoms in total. The zero-order chi connectivity index (χ0) is 14.0. The maximum atomic E-state index is 12.2.